The Hall–Kier alpha value is -3.74. The van der Waals surface area contributed by atoms with Gasteiger partial charge in [-0.3, -0.25) is 4.98 Å². The number of nitrogens with zero attached hydrogens (tertiary/aromatic N) is 3. The van der Waals surface area contributed by atoms with Crippen LogP contribution in [0.3, 0.4) is 0 Å². The van der Waals surface area contributed by atoms with E-state index in [1.165, 1.54) is 6.07 Å². The lowest BCUT2D eigenvalue weighted by atomic mass is 10.0. The number of aryl methyl sites for hydroxylation is 2. The first kappa shape index (κ1) is 18.6. The number of nitrogens with two attached hydrogens (primary N) is 1. The Balaban J connectivity index is 1.90. The van der Waals surface area contributed by atoms with Crippen LogP contribution in [0.1, 0.15) is 11.4 Å². The number of ether oxygens (including phenoxy) is 1. The van der Waals surface area contributed by atoms with Crippen LogP contribution in [0.15, 0.2) is 60.9 Å². The summed E-state index contributed by atoms with van der Waals surface area (Å²) in [5, 5.41) is 4.20. The lowest BCUT2D eigenvalue weighted by Gasteiger charge is -2.16. The lowest BCUT2D eigenvalue weighted by molar-refractivity contribution is 0.439. The Morgan fingerprint density at radius 3 is 2.38 bits per heavy atom. The smallest absolute Gasteiger partial charge is 0.168 e. The fourth-order valence-corrected chi connectivity index (χ4v) is 3.17. The van der Waals surface area contributed by atoms with Crippen LogP contribution in [0.4, 0.5) is 14.5 Å². The Labute approximate surface area is 166 Å². The Kier molecular flexibility index (Phi) is 4.72. The van der Waals surface area contributed by atoms with Crippen molar-refractivity contribution < 1.29 is 13.5 Å². The van der Waals surface area contributed by atoms with Gasteiger partial charge in [-0.05, 0) is 55.8 Å². The highest BCUT2D eigenvalue weighted by atomic mass is 19.1. The Morgan fingerprint density at radius 2 is 1.72 bits per heavy atom. The van der Waals surface area contributed by atoms with Crippen LogP contribution in [-0.4, -0.2) is 14.8 Å². The predicted octanol–water partition coefficient (Wildman–Crippen LogP) is 5.20. The fraction of sp³-hybridized carbons (Fsp3) is 0.0909. The van der Waals surface area contributed by atoms with Crippen LogP contribution in [-0.2, 0) is 0 Å². The monoisotopic (exact) mass is 392 g/mol. The minimum absolute atomic E-state index is 0.0914. The molecule has 0 fully saturated rings. The predicted molar refractivity (Wildman–Crippen MR) is 107 cm³/mol. The molecular weight excluding hydrogens is 374 g/mol. The summed E-state index contributed by atoms with van der Waals surface area (Å²) >= 11 is 0. The molecule has 2 aromatic carbocycles. The van der Waals surface area contributed by atoms with Gasteiger partial charge in [0.2, 0.25) is 0 Å². The standard InChI is InChI=1S/C22H18F2N4O/c1-13-8-15(9-14(2)27-13)17-11-19(25)20(28-7-3-6-26-28)12-22(17)29-21-5-4-16(23)10-18(21)24/h3-12H,25H2,1-2H3. The van der Waals surface area contributed by atoms with E-state index in [9.17, 15) is 8.78 Å². The average molecular weight is 392 g/mol. The molecule has 0 saturated heterocycles. The molecule has 0 aliphatic carbocycles. The van der Waals surface area contributed by atoms with Gasteiger partial charge >= 0.3 is 0 Å². The van der Waals surface area contributed by atoms with Crippen LogP contribution in [0, 0.1) is 25.5 Å². The van der Waals surface area contributed by atoms with Gasteiger partial charge in [0.15, 0.2) is 11.6 Å². The summed E-state index contributed by atoms with van der Waals surface area (Å²) in [4.78, 5) is 4.39. The number of halogens is 2. The highest BCUT2D eigenvalue weighted by Crippen LogP contribution is 2.39. The first-order chi connectivity index (χ1) is 13.9. The van der Waals surface area contributed by atoms with E-state index in [0.29, 0.717) is 22.7 Å². The summed E-state index contributed by atoms with van der Waals surface area (Å²) in [6.07, 6.45) is 3.37. The van der Waals surface area contributed by atoms with Crippen molar-refractivity contribution in [2.24, 2.45) is 0 Å². The zero-order chi connectivity index (χ0) is 20.5. The zero-order valence-corrected chi connectivity index (χ0v) is 15.9. The summed E-state index contributed by atoms with van der Waals surface area (Å²) in [7, 11) is 0. The second-order valence-electron chi connectivity index (χ2n) is 6.67. The van der Waals surface area contributed by atoms with Crippen LogP contribution >= 0.6 is 0 Å². The molecule has 2 aromatic heterocycles. The van der Waals surface area contributed by atoms with Crippen molar-refractivity contribution in [2.45, 2.75) is 13.8 Å². The maximum Gasteiger partial charge on any atom is 0.168 e. The quantitative estimate of drug-likeness (QED) is 0.485. The van der Waals surface area contributed by atoms with Gasteiger partial charge in [-0.1, -0.05) is 0 Å². The normalized spacial score (nSPS) is 10.9. The molecule has 0 unspecified atom stereocenters. The van der Waals surface area contributed by atoms with Gasteiger partial charge in [-0.15, -0.1) is 0 Å². The van der Waals surface area contributed by atoms with Gasteiger partial charge < -0.3 is 10.5 Å². The largest absolute Gasteiger partial charge is 0.454 e. The number of hydrogen-bond acceptors (Lipinski definition) is 4. The summed E-state index contributed by atoms with van der Waals surface area (Å²) in [6.45, 7) is 3.77. The Bertz CT molecular complexity index is 1170. The summed E-state index contributed by atoms with van der Waals surface area (Å²) in [6, 6.07) is 12.2. The van der Waals surface area contributed by atoms with E-state index in [2.05, 4.69) is 10.1 Å². The highest BCUT2D eigenvalue weighted by molar-refractivity contribution is 5.79. The molecule has 0 bridgehead atoms. The van der Waals surface area contributed by atoms with Gasteiger partial charge in [0.1, 0.15) is 11.6 Å². The van der Waals surface area contributed by atoms with E-state index >= 15 is 0 Å². The molecule has 146 valence electrons. The third-order valence-corrected chi connectivity index (χ3v) is 4.39. The number of pyridine rings is 1. The van der Waals surface area contributed by atoms with Crippen LogP contribution < -0.4 is 10.5 Å². The van der Waals surface area contributed by atoms with Crippen molar-refractivity contribution in [1.29, 1.82) is 0 Å². The molecule has 0 saturated carbocycles. The number of rotatable bonds is 4. The van der Waals surface area contributed by atoms with Gasteiger partial charge in [0, 0.05) is 41.5 Å². The number of nitrogen functional groups attached to an aromatic ring is 1. The molecule has 5 nitrogen and oxygen atoms in total. The fourth-order valence-electron chi connectivity index (χ4n) is 3.17. The molecule has 4 rings (SSSR count). The first-order valence-electron chi connectivity index (χ1n) is 8.93. The van der Waals surface area contributed by atoms with Crippen molar-refractivity contribution in [3.63, 3.8) is 0 Å². The molecule has 0 aliphatic heterocycles. The average Bonchev–Trinajstić information content (AvgIpc) is 3.18. The third kappa shape index (κ3) is 3.80. The topological polar surface area (TPSA) is 66.0 Å². The summed E-state index contributed by atoms with van der Waals surface area (Å²) < 4.78 is 35.0. The molecule has 0 amide bonds. The van der Waals surface area contributed by atoms with Crippen molar-refractivity contribution in [2.75, 3.05) is 5.73 Å². The van der Waals surface area contributed by atoms with Gasteiger partial charge in [-0.25, -0.2) is 13.5 Å². The van der Waals surface area contributed by atoms with Gasteiger partial charge in [0.25, 0.3) is 0 Å². The second-order valence-corrected chi connectivity index (χ2v) is 6.67. The number of anilines is 1. The van der Waals surface area contributed by atoms with Crippen molar-refractivity contribution in [1.82, 2.24) is 14.8 Å². The molecular formula is C22H18F2N4O. The van der Waals surface area contributed by atoms with Crippen molar-refractivity contribution >= 4 is 5.69 Å². The lowest BCUT2D eigenvalue weighted by Crippen LogP contribution is -2.03. The van der Waals surface area contributed by atoms with Gasteiger partial charge in [0.05, 0.1) is 11.4 Å². The van der Waals surface area contributed by atoms with Gasteiger partial charge in [-0.2, -0.15) is 5.10 Å². The maximum atomic E-state index is 14.2. The van der Waals surface area contributed by atoms with E-state index in [4.69, 9.17) is 10.5 Å². The van der Waals surface area contributed by atoms with Crippen LogP contribution in [0.25, 0.3) is 16.8 Å². The molecule has 0 radical (unpaired) electrons. The van der Waals surface area contributed by atoms with E-state index in [0.717, 1.165) is 29.1 Å². The summed E-state index contributed by atoms with van der Waals surface area (Å²) in [5.41, 5.74) is 10.5. The van der Waals surface area contributed by atoms with Crippen LogP contribution in [0.2, 0.25) is 0 Å². The SMILES string of the molecule is Cc1cc(-c2cc(N)c(-n3cccn3)cc2Oc2ccc(F)cc2F)cc(C)n1. The molecule has 0 aliphatic rings. The molecule has 7 heteroatoms. The highest BCUT2D eigenvalue weighted by Gasteiger charge is 2.16. The van der Waals surface area contributed by atoms with E-state index < -0.39 is 11.6 Å². The van der Waals surface area contributed by atoms with Crippen molar-refractivity contribution in [3.05, 3.63) is 83.9 Å². The van der Waals surface area contributed by atoms with E-state index in [1.54, 1.807) is 35.3 Å². The van der Waals surface area contributed by atoms with E-state index in [-0.39, 0.29) is 5.75 Å². The van der Waals surface area contributed by atoms with Crippen LogP contribution in [0.5, 0.6) is 11.5 Å². The molecule has 0 spiro atoms. The number of aromatic nitrogens is 3. The number of hydrogen-bond donors (Lipinski definition) is 1. The maximum absolute atomic E-state index is 14.2. The zero-order valence-electron chi connectivity index (χ0n) is 15.9. The molecule has 29 heavy (non-hydrogen) atoms. The molecule has 2 N–H and O–H groups in total. The minimum Gasteiger partial charge on any atom is -0.454 e. The number of benzene rings is 2. The van der Waals surface area contributed by atoms with Crippen molar-refractivity contribution in [3.8, 4) is 28.3 Å². The summed E-state index contributed by atoms with van der Waals surface area (Å²) in [5.74, 6) is -1.20. The van der Waals surface area contributed by atoms with E-state index in [1.807, 2.05) is 26.0 Å². The minimum atomic E-state index is -0.796. The third-order valence-electron chi connectivity index (χ3n) is 4.39. The second kappa shape index (κ2) is 7.35. The molecule has 2 heterocycles. The first-order valence-corrected chi connectivity index (χ1v) is 8.93. The Morgan fingerprint density at radius 1 is 0.966 bits per heavy atom. The molecule has 4 aromatic rings. The molecule has 0 atom stereocenters.